The number of carbonyl (C=O) groups excluding carboxylic acids is 1. The highest BCUT2D eigenvalue weighted by molar-refractivity contribution is 6.05. The molecule has 2 aromatic rings. The van der Waals surface area contributed by atoms with Gasteiger partial charge < -0.3 is 20.5 Å². The number of anilines is 1. The summed E-state index contributed by atoms with van der Waals surface area (Å²) < 4.78 is 5.70. The first-order chi connectivity index (χ1) is 12.5. The summed E-state index contributed by atoms with van der Waals surface area (Å²) in [6.07, 6.45) is 4.38. The van der Waals surface area contributed by atoms with Gasteiger partial charge in [0.25, 0.3) is 11.5 Å². The summed E-state index contributed by atoms with van der Waals surface area (Å²) in [5, 5.41) is 9.84. The number of amides is 1. The molecule has 1 unspecified atom stereocenters. The van der Waals surface area contributed by atoms with Crippen LogP contribution in [0.25, 0.3) is 0 Å². The topological polar surface area (TPSA) is 106 Å². The summed E-state index contributed by atoms with van der Waals surface area (Å²) in [5.41, 5.74) is 4.47. The van der Waals surface area contributed by atoms with E-state index in [1.807, 2.05) is 12.1 Å². The van der Waals surface area contributed by atoms with Gasteiger partial charge in [0, 0.05) is 37.1 Å². The molecule has 0 aliphatic carbocycles. The van der Waals surface area contributed by atoms with Gasteiger partial charge in [0.05, 0.1) is 0 Å². The number of nitrogens with zero attached hydrogens (tertiary/aromatic N) is 2. The van der Waals surface area contributed by atoms with Gasteiger partial charge in [-0.2, -0.15) is 0 Å². The van der Waals surface area contributed by atoms with Crippen LogP contribution in [0.2, 0.25) is 0 Å². The summed E-state index contributed by atoms with van der Waals surface area (Å²) in [6, 6.07) is 12.3. The fraction of sp³-hybridized carbons (Fsp3) is 0.316. The van der Waals surface area contributed by atoms with Crippen LogP contribution >= 0.6 is 24.8 Å². The number of aliphatic carboxylic acids is 1. The highest BCUT2D eigenvalue weighted by Crippen LogP contribution is 2.34. The molecule has 3 N–H and O–H groups in total. The molecule has 28 heavy (non-hydrogen) atoms. The monoisotopic (exact) mass is 427 g/mol. The minimum atomic E-state index is -2.08. The Balaban J connectivity index is 0.00000196. The zero-order chi connectivity index (χ0) is 18.6. The van der Waals surface area contributed by atoms with E-state index in [0.29, 0.717) is 31.7 Å². The molecular weight excluding hydrogens is 405 g/mol. The van der Waals surface area contributed by atoms with E-state index in [1.165, 1.54) is 0 Å². The molecule has 7 nitrogen and oxygen atoms in total. The summed E-state index contributed by atoms with van der Waals surface area (Å²) in [4.78, 5) is 30.4. The lowest BCUT2D eigenvalue weighted by atomic mass is 9.79. The van der Waals surface area contributed by atoms with Crippen LogP contribution in [-0.2, 0) is 9.59 Å². The van der Waals surface area contributed by atoms with Gasteiger partial charge in [-0.3, -0.25) is 9.78 Å². The molecule has 3 rings (SSSR count). The van der Waals surface area contributed by atoms with Crippen molar-refractivity contribution < 1.29 is 19.4 Å². The van der Waals surface area contributed by atoms with Crippen molar-refractivity contribution in [2.75, 3.05) is 18.0 Å². The molecule has 152 valence electrons. The number of hydrogen-bond acceptors (Lipinski definition) is 5. The number of para-hydroxylation sites is 1. The number of nitrogens with two attached hydrogens (primary N) is 1. The number of halogens is 2. The summed E-state index contributed by atoms with van der Waals surface area (Å²) >= 11 is 0. The molecule has 0 radical (unpaired) electrons. The molecule has 1 aliphatic rings. The minimum absolute atomic E-state index is 0. The summed E-state index contributed by atoms with van der Waals surface area (Å²) in [5.74, 6) is -2.53. The predicted octanol–water partition coefficient (Wildman–Crippen LogP) is 2.53. The van der Waals surface area contributed by atoms with Gasteiger partial charge in [0.2, 0.25) is 0 Å². The van der Waals surface area contributed by atoms with Crippen molar-refractivity contribution in [3.63, 3.8) is 0 Å². The third-order valence-corrected chi connectivity index (χ3v) is 4.80. The highest BCUT2D eigenvalue weighted by Gasteiger charge is 2.54. The van der Waals surface area contributed by atoms with Crippen LogP contribution in [-0.4, -0.2) is 40.7 Å². The van der Waals surface area contributed by atoms with Crippen molar-refractivity contribution in [1.29, 1.82) is 0 Å². The maximum Gasteiger partial charge on any atom is 0.358 e. The van der Waals surface area contributed by atoms with Crippen LogP contribution in [0.1, 0.15) is 12.8 Å². The first-order valence-corrected chi connectivity index (χ1v) is 8.46. The lowest BCUT2D eigenvalue weighted by Gasteiger charge is -2.40. The second kappa shape index (κ2) is 10.1. The fourth-order valence-electron chi connectivity index (χ4n) is 3.43. The second-order valence-electron chi connectivity index (χ2n) is 6.29. The normalized spacial score (nSPS) is 16.1. The SMILES string of the molecule is Cl.Cl.NC(=O)C(Oc1ccccc1)(C(=O)O)C1CCN(c2ccncc2)CC1. The van der Waals surface area contributed by atoms with Crippen molar-refractivity contribution in [2.45, 2.75) is 18.4 Å². The molecular formula is C19H23Cl2N3O4. The first-order valence-electron chi connectivity index (χ1n) is 8.46. The quantitative estimate of drug-likeness (QED) is 0.685. The number of carbonyl (C=O) groups is 2. The second-order valence-corrected chi connectivity index (χ2v) is 6.29. The Morgan fingerprint density at radius 2 is 1.64 bits per heavy atom. The van der Waals surface area contributed by atoms with Crippen LogP contribution in [0.3, 0.4) is 0 Å². The van der Waals surface area contributed by atoms with Gasteiger partial charge in [-0.1, -0.05) is 18.2 Å². The Bertz CT molecular complexity index is 755. The Morgan fingerprint density at radius 1 is 1.07 bits per heavy atom. The molecule has 9 heteroatoms. The van der Waals surface area contributed by atoms with Crippen LogP contribution in [0.4, 0.5) is 5.69 Å². The molecule has 1 aromatic heterocycles. The lowest BCUT2D eigenvalue weighted by Crippen LogP contribution is -2.62. The molecule has 1 aromatic carbocycles. The van der Waals surface area contributed by atoms with Gasteiger partial charge in [0.1, 0.15) is 5.75 Å². The maximum absolute atomic E-state index is 12.2. The number of benzene rings is 1. The Morgan fingerprint density at radius 3 is 2.14 bits per heavy atom. The average molecular weight is 428 g/mol. The molecule has 1 amide bonds. The number of piperidine rings is 1. The molecule has 1 atom stereocenters. The Hall–Kier alpha value is -2.51. The molecule has 2 heterocycles. The number of carboxylic acid groups (broad SMARTS) is 1. The summed E-state index contributed by atoms with van der Waals surface area (Å²) in [6.45, 7) is 1.21. The number of hydrogen-bond donors (Lipinski definition) is 2. The van der Waals surface area contributed by atoms with E-state index in [2.05, 4.69) is 9.88 Å². The average Bonchev–Trinajstić information content (AvgIpc) is 2.67. The summed E-state index contributed by atoms with van der Waals surface area (Å²) in [7, 11) is 0. The van der Waals surface area contributed by atoms with Crippen molar-refractivity contribution in [1.82, 2.24) is 4.98 Å². The Kier molecular flexibility index (Phi) is 8.53. The number of carboxylic acids is 1. The van der Waals surface area contributed by atoms with E-state index in [-0.39, 0.29) is 24.8 Å². The van der Waals surface area contributed by atoms with Crippen LogP contribution in [0.15, 0.2) is 54.9 Å². The van der Waals surface area contributed by atoms with E-state index < -0.39 is 23.4 Å². The van der Waals surface area contributed by atoms with Crippen LogP contribution in [0.5, 0.6) is 5.75 Å². The van der Waals surface area contributed by atoms with E-state index in [0.717, 1.165) is 5.69 Å². The van der Waals surface area contributed by atoms with E-state index in [9.17, 15) is 14.7 Å². The third-order valence-electron chi connectivity index (χ3n) is 4.80. The standard InChI is InChI=1S/C19H21N3O4.2ClH/c20-17(23)19(18(24)25,26-16-4-2-1-3-5-16)14-8-12-22(13-9-14)15-6-10-21-11-7-15;;/h1-7,10-11,14H,8-9,12-13H2,(H2,20,23)(H,24,25);2*1H. The van der Waals surface area contributed by atoms with Crippen molar-refractivity contribution >= 4 is 42.4 Å². The van der Waals surface area contributed by atoms with Crippen molar-refractivity contribution in [3.05, 3.63) is 54.9 Å². The van der Waals surface area contributed by atoms with Crippen molar-refractivity contribution in [2.24, 2.45) is 11.7 Å². The van der Waals surface area contributed by atoms with E-state index in [4.69, 9.17) is 10.5 Å². The molecule has 1 aliphatic heterocycles. The number of primary amides is 1. The Labute approximate surface area is 175 Å². The molecule has 0 saturated carbocycles. The van der Waals surface area contributed by atoms with Gasteiger partial charge in [-0.05, 0) is 37.1 Å². The van der Waals surface area contributed by atoms with Crippen LogP contribution < -0.4 is 15.4 Å². The third kappa shape index (κ3) is 4.66. The molecule has 0 bridgehead atoms. The van der Waals surface area contributed by atoms with E-state index in [1.54, 1.807) is 42.7 Å². The number of ether oxygens (including phenoxy) is 1. The largest absolute Gasteiger partial charge is 0.478 e. The first kappa shape index (κ1) is 23.5. The molecule has 1 saturated heterocycles. The van der Waals surface area contributed by atoms with Crippen molar-refractivity contribution in [3.8, 4) is 5.75 Å². The maximum atomic E-state index is 12.2. The van der Waals surface area contributed by atoms with Crippen LogP contribution in [0, 0.1) is 5.92 Å². The number of pyridine rings is 1. The van der Waals surface area contributed by atoms with Gasteiger partial charge in [-0.25, -0.2) is 4.79 Å². The smallest absolute Gasteiger partial charge is 0.358 e. The van der Waals surface area contributed by atoms with Gasteiger partial charge >= 0.3 is 5.97 Å². The lowest BCUT2D eigenvalue weighted by molar-refractivity contribution is -0.168. The number of aromatic nitrogens is 1. The zero-order valence-corrected chi connectivity index (χ0v) is 16.7. The fourth-order valence-corrected chi connectivity index (χ4v) is 3.43. The highest BCUT2D eigenvalue weighted by atomic mass is 35.5. The van der Waals surface area contributed by atoms with Gasteiger partial charge in [-0.15, -0.1) is 24.8 Å². The predicted molar refractivity (Wildman–Crippen MR) is 110 cm³/mol. The van der Waals surface area contributed by atoms with E-state index >= 15 is 0 Å². The number of rotatable bonds is 6. The molecule has 0 spiro atoms. The minimum Gasteiger partial charge on any atom is -0.478 e. The zero-order valence-electron chi connectivity index (χ0n) is 15.1. The molecule has 1 fully saturated rings. The van der Waals surface area contributed by atoms with Gasteiger partial charge in [0.15, 0.2) is 0 Å².